The predicted molar refractivity (Wildman–Crippen MR) is 87.1 cm³/mol. The number of halogens is 1. The van der Waals surface area contributed by atoms with Gasteiger partial charge in [0.15, 0.2) is 0 Å². The lowest BCUT2D eigenvalue weighted by Gasteiger charge is -2.41. The van der Waals surface area contributed by atoms with Gasteiger partial charge in [-0.1, -0.05) is 17.7 Å². The molecule has 116 valence electrons. The molecule has 3 nitrogen and oxygen atoms in total. The van der Waals surface area contributed by atoms with Gasteiger partial charge in [-0.05, 0) is 49.9 Å². The summed E-state index contributed by atoms with van der Waals surface area (Å²) in [5.74, 6) is 0. The van der Waals surface area contributed by atoms with Gasteiger partial charge in [-0.3, -0.25) is 4.90 Å². The number of nitrogens with zero attached hydrogens (tertiary/aromatic N) is 1. The van der Waals surface area contributed by atoms with E-state index in [1.165, 1.54) is 11.1 Å². The number of fused-ring (bicyclic) bond motifs is 1. The van der Waals surface area contributed by atoms with E-state index in [1.54, 1.807) is 0 Å². The molecule has 21 heavy (non-hydrogen) atoms. The third kappa shape index (κ3) is 3.59. The second-order valence-electron chi connectivity index (χ2n) is 6.81. The van der Waals surface area contributed by atoms with Crippen LogP contribution in [0.2, 0.25) is 5.02 Å². The third-order valence-electron chi connectivity index (χ3n) is 4.79. The van der Waals surface area contributed by atoms with Gasteiger partial charge in [0.25, 0.3) is 0 Å². The van der Waals surface area contributed by atoms with E-state index in [0.717, 1.165) is 50.7 Å². The quantitative estimate of drug-likeness (QED) is 0.925. The van der Waals surface area contributed by atoms with Gasteiger partial charge in [0.05, 0.1) is 13.2 Å². The minimum Gasteiger partial charge on any atom is -0.379 e. The fourth-order valence-corrected chi connectivity index (χ4v) is 3.60. The first kappa shape index (κ1) is 15.3. The number of morpholine rings is 1. The summed E-state index contributed by atoms with van der Waals surface area (Å²) < 4.78 is 5.45. The zero-order valence-electron chi connectivity index (χ0n) is 13.0. The van der Waals surface area contributed by atoms with Gasteiger partial charge in [-0.25, -0.2) is 0 Å². The molecule has 0 saturated carbocycles. The van der Waals surface area contributed by atoms with Gasteiger partial charge in [0.1, 0.15) is 0 Å². The molecule has 3 rings (SSSR count). The Labute approximate surface area is 132 Å². The Kier molecular flexibility index (Phi) is 4.55. The Hall–Kier alpha value is -0.610. The van der Waals surface area contributed by atoms with Crippen LogP contribution in [0.5, 0.6) is 0 Å². The lowest BCUT2D eigenvalue weighted by molar-refractivity contribution is -0.0103. The molecule has 1 heterocycles. The summed E-state index contributed by atoms with van der Waals surface area (Å²) in [4.78, 5) is 2.53. The van der Waals surface area contributed by atoms with E-state index in [-0.39, 0.29) is 5.54 Å². The highest BCUT2D eigenvalue weighted by molar-refractivity contribution is 6.30. The second-order valence-corrected chi connectivity index (χ2v) is 7.25. The average Bonchev–Trinajstić information content (AvgIpc) is 2.88. The van der Waals surface area contributed by atoms with Gasteiger partial charge >= 0.3 is 0 Å². The number of hydrogen-bond acceptors (Lipinski definition) is 3. The van der Waals surface area contributed by atoms with Crippen LogP contribution in [0.3, 0.4) is 0 Å². The number of hydrogen-bond donors (Lipinski definition) is 1. The molecule has 1 atom stereocenters. The lowest BCUT2D eigenvalue weighted by Crippen LogP contribution is -2.56. The van der Waals surface area contributed by atoms with Gasteiger partial charge in [-0.15, -0.1) is 0 Å². The average molecular weight is 309 g/mol. The Morgan fingerprint density at radius 1 is 1.24 bits per heavy atom. The van der Waals surface area contributed by atoms with Gasteiger partial charge in [0.2, 0.25) is 0 Å². The molecule has 0 bridgehead atoms. The second kappa shape index (κ2) is 6.25. The summed E-state index contributed by atoms with van der Waals surface area (Å²) >= 11 is 6.08. The fraction of sp³-hybridized carbons (Fsp3) is 0.647. The van der Waals surface area contributed by atoms with Crippen molar-refractivity contribution in [2.45, 2.75) is 38.3 Å². The van der Waals surface area contributed by atoms with E-state index in [0.29, 0.717) is 6.04 Å². The highest BCUT2D eigenvalue weighted by Crippen LogP contribution is 2.26. The maximum absolute atomic E-state index is 6.08. The lowest BCUT2D eigenvalue weighted by atomic mass is 10.0. The Bertz CT molecular complexity index is 498. The van der Waals surface area contributed by atoms with E-state index in [4.69, 9.17) is 16.3 Å². The van der Waals surface area contributed by atoms with Crippen LogP contribution in [-0.2, 0) is 17.6 Å². The van der Waals surface area contributed by atoms with Crippen LogP contribution in [0.25, 0.3) is 0 Å². The molecule has 1 aromatic carbocycles. The standard InChI is InChI=1S/C17H25ClN2O/c1-17(2,20-5-7-21-8-6-20)12-19-16-10-13-3-4-15(18)9-14(13)11-16/h3-4,9,16,19H,5-8,10-12H2,1-2H3. The Morgan fingerprint density at radius 3 is 2.71 bits per heavy atom. The summed E-state index contributed by atoms with van der Waals surface area (Å²) in [6.45, 7) is 9.45. The number of ether oxygens (including phenoxy) is 1. The molecule has 0 radical (unpaired) electrons. The monoisotopic (exact) mass is 308 g/mol. The first-order chi connectivity index (χ1) is 10.0. The van der Waals surface area contributed by atoms with E-state index in [2.05, 4.69) is 36.2 Å². The summed E-state index contributed by atoms with van der Waals surface area (Å²) in [5.41, 5.74) is 3.03. The van der Waals surface area contributed by atoms with Crippen molar-refractivity contribution in [2.75, 3.05) is 32.8 Å². The van der Waals surface area contributed by atoms with Crippen molar-refractivity contribution >= 4 is 11.6 Å². The topological polar surface area (TPSA) is 24.5 Å². The maximum atomic E-state index is 6.08. The minimum absolute atomic E-state index is 0.177. The van der Waals surface area contributed by atoms with Crippen molar-refractivity contribution in [3.63, 3.8) is 0 Å². The largest absolute Gasteiger partial charge is 0.379 e. The first-order valence-electron chi connectivity index (χ1n) is 7.88. The summed E-state index contributed by atoms with van der Waals surface area (Å²) in [6, 6.07) is 6.83. The molecule has 1 aromatic rings. The normalized spacial score (nSPS) is 23.3. The molecule has 1 aliphatic carbocycles. The third-order valence-corrected chi connectivity index (χ3v) is 5.03. The number of nitrogens with one attached hydrogen (secondary N) is 1. The molecule has 0 aromatic heterocycles. The van der Waals surface area contributed by atoms with E-state index in [9.17, 15) is 0 Å². The molecule has 1 N–H and O–H groups in total. The molecular weight excluding hydrogens is 284 g/mol. The highest BCUT2D eigenvalue weighted by Gasteiger charge is 2.30. The van der Waals surface area contributed by atoms with Crippen molar-refractivity contribution in [1.82, 2.24) is 10.2 Å². The van der Waals surface area contributed by atoms with Crippen molar-refractivity contribution in [3.8, 4) is 0 Å². The molecule has 0 spiro atoms. The molecule has 1 fully saturated rings. The minimum atomic E-state index is 0.177. The molecule has 4 heteroatoms. The summed E-state index contributed by atoms with van der Waals surface area (Å²) in [7, 11) is 0. The first-order valence-corrected chi connectivity index (χ1v) is 8.26. The summed E-state index contributed by atoms with van der Waals surface area (Å²) in [5, 5.41) is 4.61. The van der Waals surface area contributed by atoms with Crippen LogP contribution in [0.15, 0.2) is 18.2 Å². The van der Waals surface area contributed by atoms with Gasteiger partial charge < -0.3 is 10.1 Å². The Morgan fingerprint density at radius 2 is 1.95 bits per heavy atom. The van der Waals surface area contributed by atoms with E-state index in [1.807, 2.05) is 6.07 Å². The van der Waals surface area contributed by atoms with E-state index < -0.39 is 0 Å². The molecule has 0 amide bonds. The molecular formula is C17H25ClN2O. The Balaban J connectivity index is 1.54. The zero-order chi connectivity index (χ0) is 14.9. The highest BCUT2D eigenvalue weighted by atomic mass is 35.5. The van der Waals surface area contributed by atoms with Crippen LogP contribution in [0.4, 0.5) is 0 Å². The molecule has 1 aliphatic heterocycles. The van der Waals surface area contributed by atoms with E-state index >= 15 is 0 Å². The predicted octanol–water partition coefficient (Wildman–Crippen LogP) is 2.51. The number of benzene rings is 1. The van der Waals surface area contributed by atoms with Crippen molar-refractivity contribution < 1.29 is 4.74 Å². The molecule has 2 aliphatic rings. The van der Waals surface area contributed by atoms with Crippen LogP contribution < -0.4 is 5.32 Å². The van der Waals surface area contributed by atoms with Gasteiger partial charge in [0, 0.05) is 36.2 Å². The van der Waals surface area contributed by atoms with Crippen molar-refractivity contribution in [3.05, 3.63) is 34.3 Å². The maximum Gasteiger partial charge on any atom is 0.0594 e. The fourth-order valence-electron chi connectivity index (χ4n) is 3.41. The van der Waals surface area contributed by atoms with Crippen LogP contribution >= 0.6 is 11.6 Å². The van der Waals surface area contributed by atoms with Crippen LogP contribution in [0.1, 0.15) is 25.0 Å². The van der Waals surface area contributed by atoms with Crippen molar-refractivity contribution in [1.29, 1.82) is 0 Å². The van der Waals surface area contributed by atoms with Crippen LogP contribution in [-0.4, -0.2) is 49.3 Å². The molecule has 1 saturated heterocycles. The zero-order valence-corrected chi connectivity index (χ0v) is 13.7. The van der Waals surface area contributed by atoms with Gasteiger partial charge in [-0.2, -0.15) is 0 Å². The van der Waals surface area contributed by atoms with Crippen molar-refractivity contribution in [2.24, 2.45) is 0 Å². The summed E-state index contributed by atoms with van der Waals surface area (Å²) in [6.07, 6.45) is 2.21. The SMILES string of the molecule is CC(C)(CNC1Cc2ccc(Cl)cc2C1)N1CCOCC1. The number of rotatable bonds is 4. The molecule has 1 unspecified atom stereocenters. The van der Waals surface area contributed by atoms with Crippen LogP contribution in [0, 0.1) is 0 Å². The smallest absolute Gasteiger partial charge is 0.0594 e.